The minimum Gasteiger partial charge on any atom is -0.476 e. The van der Waals surface area contributed by atoms with E-state index in [1.165, 1.54) is 11.9 Å². The fourth-order valence-corrected chi connectivity index (χ4v) is 0.839. The van der Waals surface area contributed by atoms with Crippen molar-refractivity contribution in [3.63, 3.8) is 0 Å². The van der Waals surface area contributed by atoms with Crippen molar-refractivity contribution >= 4 is 17.9 Å². The van der Waals surface area contributed by atoms with E-state index in [-0.39, 0.29) is 18.3 Å². The minimum absolute atomic E-state index is 0.0428. The summed E-state index contributed by atoms with van der Waals surface area (Å²) in [5.74, 6) is -1.74. The minimum atomic E-state index is -1.19. The maximum atomic E-state index is 10.5. The van der Waals surface area contributed by atoms with Crippen LogP contribution in [0.2, 0.25) is 0 Å². The lowest BCUT2D eigenvalue weighted by Gasteiger charge is -2.10. The number of aromatic nitrogens is 1. The lowest BCUT2D eigenvalue weighted by atomic mass is 10.5. The Morgan fingerprint density at radius 2 is 2.36 bits per heavy atom. The highest BCUT2D eigenvalue weighted by Gasteiger charge is 2.14. The number of nitrogens with zero attached hydrogens (tertiary/aromatic N) is 2. The summed E-state index contributed by atoms with van der Waals surface area (Å²) in [6.45, 7) is -0.0838. The standard InChI is InChI=1S/C7H9N3O4/c1-10(2-5(8)11)7-9-4(3-14-7)6(12)13/h3H,2H2,1H3,(H2,8,11)(H,12,13). The molecule has 1 heterocycles. The Labute approximate surface area is 79.1 Å². The van der Waals surface area contributed by atoms with Gasteiger partial charge in [-0.2, -0.15) is 4.98 Å². The van der Waals surface area contributed by atoms with Crippen molar-refractivity contribution in [3.8, 4) is 0 Å². The van der Waals surface area contributed by atoms with Gasteiger partial charge in [0.1, 0.15) is 12.8 Å². The summed E-state index contributed by atoms with van der Waals surface area (Å²) >= 11 is 0. The first-order valence-electron chi connectivity index (χ1n) is 3.69. The number of carboxylic acid groups (broad SMARTS) is 1. The smallest absolute Gasteiger partial charge is 0.357 e. The number of carbonyl (C=O) groups excluding carboxylic acids is 1. The highest BCUT2D eigenvalue weighted by atomic mass is 16.4. The normalized spacial score (nSPS) is 9.79. The lowest BCUT2D eigenvalue weighted by Crippen LogP contribution is -2.30. The molecule has 0 bridgehead atoms. The van der Waals surface area contributed by atoms with Gasteiger partial charge in [-0.25, -0.2) is 4.79 Å². The van der Waals surface area contributed by atoms with Gasteiger partial charge in [-0.1, -0.05) is 0 Å². The molecule has 3 N–H and O–H groups in total. The number of aromatic carboxylic acids is 1. The predicted octanol–water partition coefficient (Wildman–Crippen LogP) is -0.706. The Bertz CT molecular complexity index is 360. The second kappa shape index (κ2) is 3.77. The molecule has 14 heavy (non-hydrogen) atoms. The van der Waals surface area contributed by atoms with Gasteiger partial charge in [0.15, 0.2) is 5.69 Å². The van der Waals surface area contributed by atoms with Crippen molar-refractivity contribution in [2.45, 2.75) is 0 Å². The third-order valence-corrected chi connectivity index (χ3v) is 1.43. The Kier molecular flexibility index (Phi) is 2.70. The number of carbonyl (C=O) groups is 2. The summed E-state index contributed by atoms with van der Waals surface area (Å²) in [6, 6.07) is 0.0428. The molecule has 0 spiro atoms. The quantitative estimate of drug-likeness (QED) is 0.663. The predicted molar refractivity (Wildman–Crippen MR) is 45.9 cm³/mol. The van der Waals surface area contributed by atoms with E-state index in [2.05, 4.69) is 4.98 Å². The maximum Gasteiger partial charge on any atom is 0.357 e. The lowest BCUT2D eigenvalue weighted by molar-refractivity contribution is -0.116. The van der Waals surface area contributed by atoms with E-state index in [9.17, 15) is 9.59 Å². The molecule has 7 nitrogen and oxygen atoms in total. The average Bonchev–Trinajstić information content (AvgIpc) is 2.50. The number of likely N-dealkylation sites (N-methyl/N-ethyl adjacent to an activating group) is 1. The van der Waals surface area contributed by atoms with Gasteiger partial charge >= 0.3 is 5.97 Å². The Balaban J connectivity index is 2.76. The molecule has 0 fully saturated rings. The van der Waals surface area contributed by atoms with E-state index in [0.717, 1.165) is 6.26 Å². The van der Waals surface area contributed by atoms with Crippen LogP contribution < -0.4 is 10.6 Å². The van der Waals surface area contributed by atoms with Crippen LogP contribution in [0, 0.1) is 0 Å². The van der Waals surface area contributed by atoms with Crippen LogP contribution in [0.1, 0.15) is 10.5 Å². The van der Waals surface area contributed by atoms with Crippen molar-refractivity contribution in [3.05, 3.63) is 12.0 Å². The van der Waals surface area contributed by atoms with Gasteiger partial charge < -0.3 is 20.2 Å². The van der Waals surface area contributed by atoms with Crippen LogP contribution in [-0.2, 0) is 4.79 Å². The van der Waals surface area contributed by atoms with Gasteiger partial charge in [0, 0.05) is 7.05 Å². The second-order valence-corrected chi connectivity index (χ2v) is 2.64. The van der Waals surface area contributed by atoms with Gasteiger partial charge in [0.2, 0.25) is 5.91 Å². The third-order valence-electron chi connectivity index (χ3n) is 1.43. The van der Waals surface area contributed by atoms with E-state index in [4.69, 9.17) is 15.3 Å². The molecule has 1 amide bonds. The molecule has 0 unspecified atom stereocenters. The highest BCUT2D eigenvalue weighted by Crippen LogP contribution is 2.11. The number of anilines is 1. The average molecular weight is 199 g/mol. The van der Waals surface area contributed by atoms with Crippen LogP contribution in [0.4, 0.5) is 6.01 Å². The number of hydrogen-bond donors (Lipinski definition) is 2. The summed E-state index contributed by atoms with van der Waals surface area (Å²) in [7, 11) is 1.52. The molecule has 0 aliphatic carbocycles. The summed E-state index contributed by atoms with van der Waals surface area (Å²) in [5.41, 5.74) is 4.72. The Morgan fingerprint density at radius 1 is 1.71 bits per heavy atom. The summed E-state index contributed by atoms with van der Waals surface area (Å²) in [5, 5.41) is 8.53. The molecule has 0 radical (unpaired) electrons. The van der Waals surface area contributed by atoms with E-state index in [1.807, 2.05) is 0 Å². The zero-order chi connectivity index (χ0) is 10.7. The number of amides is 1. The van der Waals surface area contributed by atoms with Crippen LogP contribution in [-0.4, -0.2) is 35.6 Å². The second-order valence-electron chi connectivity index (χ2n) is 2.64. The number of oxazole rings is 1. The first-order chi connectivity index (χ1) is 6.50. The number of nitrogens with two attached hydrogens (primary N) is 1. The van der Waals surface area contributed by atoms with E-state index in [0.29, 0.717) is 0 Å². The van der Waals surface area contributed by atoms with Crippen molar-refractivity contribution in [1.82, 2.24) is 4.98 Å². The molecule has 0 saturated heterocycles. The topological polar surface area (TPSA) is 110 Å². The molecule has 7 heteroatoms. The monoisotopic (exact) mass is 199 g/mol. The molecule has 76 valence electrons. The van der Waals surface area contributed by atoms with Crippen LogP contribution in [0.3, 0.4) is 0 Å². The fraction of sp³-hybridized carbons (Fsp3) is 0.286. The van der Waals surface area contributed by atoms with Crippen LogP contribution in [0.15, 0.2) is 10.7 Å². The third kappa shape index (κ3) is 2.22. The van der Waals surface area contributed by atoms with Gasteiger partial charge in [0.25, 0.3) is 6.01 Å². The van der Waals surface area contributed by atoms with Gasteiger partial charge in [-0.05, 0) is 0 Å². The first-order valence-corrected chi connectivity index (χ1v) is 3.69. The van der Waals surface area contributed by atoms with Gasteiger partial charge in [-0.15, -0.1) is 0 Å². The van der Waals surface area contributed by atoms with Crippen molar-refractivity contribution < 1.29 is 19.1 Å². The van der Waals surface area contributed by atoms with E-state index < -0.39 is 11.9 Å². The molecule has 1 aromatic rings. The van der Waals surface area contributed by atoms with Crippen molar-refractivity contribution in [2.75, 3.05) is 18.5 Å². The highest BCUT2D eigenvalue weighted by molar-refractivity contribution is 5.85. The van der Waals surface area contributed by atoms with E-state index in [1.54, 1.807) is 0 Å². The number of rotatable bonds is 4. The first kappa shape index (κ1) is 10.0. The van der Waals surface area contributed by atoms with Crippen LogP contribution in [0.25, 0.3) is 0 Å². The molecule has 0 aliphatic heterocycles. The molecular formula is C7H9N3O4. The molecule has 1 aromatic heterocycles. The fourth-order valence-electron chi connectivity index (χ4n) is 0.839. The summed E-state index contributed by atoms with van der Waals surface area (Å²) < 4.78 is 4.81. The van der Waals surface area contributed by atoms with Gasteiger partial charge in [-0.3, -0.25) is 4.79 Å². The van der Waals surface area contributed by atoms with Crippen molar-refractivity contribution in [1.29, 1.82) is 0 Å². The zero-order valence-corrected chi connectivity index (χ0v) is 7.43. The van der Waals surface area contributed by atoms with Crippen LogP contribution in [0.5, 0.6) is 0 Å². The Hall–Kier alpha value is -2.05. The summed E-state index contributed by atoms with van der Waals surface area (Å²) in [6.07, 6.45) is 0.995. The largest absolute Gasteiger partial charge is 0.476 e. The maximum absolute atomic E-state index is 10.5. The molecule has 0 aromatic carbocycles. The number of primary amides is 1. The van der Waals surface area contributed by atoms with Crippen molar-refractivity contribution in [2.24, 2.45) is 5.73 Å². The molecule has 0 aliphatic rings. The van der Waals surface area contributed by atoms with Gasteiger partial charge in [0.05, 0.1) is 0 Å². The summed E-state index contributed by atoms with van der Waals surface area (Å²) in [4.78, 5) is 25.9. The molecule has 0 saturated carbocycles. The van der Waals surface area contributed by atoms with Crippen LogP contribution >= 0.6 is 0 Å². The number of hydrogen-bond acceptors (Lipinski definition) is 5. The van der Waals surface area contributed by atoms with E-state index >= 15 is 0 Å². The Morgan fingerprint density at radius 3 is 2.79 bits per heavy atom. The SMILES string of the molecule is CN(CC(N)=O)c1nc(C(=O)O)co1. The zero-order valence-electron chi connectivity index (χ0n) is 7.43. The molecule has 1 rings (SSSR count). The molecular weight excluding hydrogens is 190 g/mol. The molecule has 0 atom stereocenters. The number of carboxylic acids is 1.